The van der Waals surface area contributed by atoms with Gasteiger partial charge in [-0.3, -0.25) is 14.6 Å². The molecule has 11 nitrogen and oxygen atoms in total. The maximum absolute atomic E-state index is 13.2. The first-order valence-electron chi connectivity index (χ1n) is 12.1. The largest absolute Gasteiger partial charge is 0.377 e. The Hall–Kier alpha value is -4.29. The highest BCUT2D eigenvalue weighted by Gasteiger charge is 2.23. The minimum Gasteiger partial charge on any atom is -0.337 e. The van der Waals surface area contributed by atoms with Crippen molar-refractivity contribution in [2.24, 2.45) is 0 Å². The summed E-state index contributed by atoms with van der Waals surface area (Å²) in [7, 11) is 0. The lowest BCUT2D eigenvalue weighted by molar-refractivity contribution is -0.595. The van der Waals surface area contributed by atoms with Crippen molar-refractivity contribution < 1.29 is 53.8 Å². The molecular formula is C29H30O11. The first-order valence-corrected chi connectivity index (χ1v) is 12.1. The van der Waals surface area contributed by atoms with Gasteiger partial charge in [-0.1, -0.05) is 30.3 Å². The molecule has 0 atom stereocenters. The van der Waals surface area contributed by atoms with Crippen molar-refractivity contribution in [3.63, 3.8) is 0 Å². The minimum atomic E-state index is -1.10. The van der Waals surface area contributed by atoms with Crippen LogP contribution in [0.15, 0.2) is 72.8 Å². The van der Waals surface area contributed by atoms with Crippen LogP contribution in [0.4, 0.5) is 0 Å². The van der Waals surface area contributed by atoms with Gasteiger partial charge >= 0.3 is 11.9 Å². The molecule has 11 heteroatoms. The molecule has 0 radical (unpaired) electrons. The summed E-state index contributed by atoms with van der Waals surface area (Å²) in [5.41, 5.74) is -0.962. The SMILES string of the molecule is CC(C)(C)OOc1ccc(C(=O)OOOOC(=O)c2ccc(OOC(C)(C)C)cc2C(=O)c2ccccc2)cc1. The maximum Gasteiger partial charge on any atom is 0.377 e. The lowest BCUT2D eigenvalue weighted by Gasteiger charge is -2.18. The van der Waals surface area contributed by atoms with Gasteiger partial charge in [0.25, 0.3) is 0 Å². The lowest BCUT2D eigenvalue weighted by Crippen LogP contribution is -2.21. The third-order valence-electron chi connectivity index (χ3n) is 4.60. The molecule has 0 aromatic heterocycles. The highest BCUT2D eigenvalue weighted by molar-refractivity contribution is 6.14. The van der Waals surface area contributed by atoms with Crippen molar-refractivity contribution >= 4 is 17.7 Å². The van der Waals surface area contributed by atoms with Crippen molar-refractivity contribution in [3.8, 4) is 11.5 Å². The lowest BCUT2D eigenvalue weighted by atomic mass is 9.98. The molecule has 3 aromatic rings. The van der Waals surface area contributed by atoms with E-state index in [9.17, 15) is 14.4 Å². The average Bonchev–Trinajstić information content (AvgIpc) is 2.92. The second-order valence-corrected chi connectivity index (χ2v) is 10.4. The first-order chi connectivity index (χ1) is 18.8. The van der Waals surface area contributed by atoms with Gasteiger partial charge in [-0.15, -0.1) is 0 Å². The Balaban J connectivity index is 1.61. The van der Waals surface area contributed by atoms with Crippen molar-refractivity contribution in [1.29, 1.82) is 0 Å². The van der Waals surface area contributed by atoms with Crippen LogP contribution in [0.25, 0.3) is 0 Å². The molecule has 3 aromatic carbocycles. The zero-order valence-corrected chi connectivity index (χ0v) is 22.9. The van der Waals surface area contributed by atoms with E-state index in [0.717, 1.165) is 0 Å². The van der Waals surface area contributed by atoms with Crippen molar-refractivity contribution in [3.05, 3.63) is 95.1 Å². The van der Waals surface area contributed by atoms with Crippen LogP contribution in [0.5, 0.6) is 11.5 Å². The average molecular weight is 555 g/mol. The van der Waals surface area contributed by atoms with Crippen LogP contribution in [-0.4, -0.2) is 28.9 Å². The van der Waals surface area contributed by atoms with Crippen LogP contribution in [0.1, 0.15) is 78.2 Å². The highest BCUT2D eigenvalue weighted by atomic mass is 17.7. The summed E-state index contributed by atoms with van der Waals surface area (Å²) in [6.45, 7) is 10.8. The molecule has 3 rings (SSSR count). The van der Waals surface area contributed by atoms with Gasteiger partial charge in [0.1, 0.15) is 11.2 Å². The van der Waals surface area contributed by atoms with E-state index >= 15 is 0 Å². The Labute approximate surface area is 231 Å². The molecule has 0 unspecified atom stereocenters. The monoisotopic (exact) mass is 554 g/mol. The Morgan fingerprint density at radius 1 is 0.550 bits per heavy atom. The van der Waals surface area contributed by atoms with Crippen molar-refractivity contribution in [2.45, 2.75) is 52.7 Å². The number of ketones is 1. The Bertz CT molecular complexity index is 1300. The second-order valence-electron chi connectivity index (χ2n) is 10.4. The Kier molecular flexibility index (Phi) is 9.97. The van der Waals surface area contributed by atoms with E-state index in [1.54, 1.807) is 51.1 Å². The standard InChI is InChI=1S/C29H30O11/c1-28(2,3)37-33-21-14-12-20(13-15-21)26(31)35-39-40-36-27(32)23-17-16-22(34-38-29(4,5)6)18-24(23)25(30)19-10-8-7-9-11-19/h7-18H,1-6H3. The van der Waals surface area contributed by atoms with E-state index in [1.165, 1.54) is 42.5 Å². The summed E-state index contributed by atoms with van der Waals surface area (Å²) in [5, 5.41) is 8.57. The molecule has 0 N–H and O–H groups in total. The molecule has 0 aliphatic rings. The van der Waals surface area contributed by atoms with Gasteiger partial charge in [-0.05, 0) is 84.0 Å². The highest BCUT2D eigenvalue weighted by Crippen LogP contribution is 2.24. The van der Waals surface area contributed by atoms with E-state index in [0.29, 0.717) is 11.3 Å². The number of carbonyl (C=O) groups is 3. The quantitative estimate of drug-likeness (QED) is 0.121. The third kappa shape index (κ3) is 9.47. The Morgan fingerprint density at radius 3 is 1.65 bits per heavy atom. The smallest absolute Gasteiger partial charge is 0.337 e. The van der Waals surface area contributed by atoms with Crippen LogP contribution in [0.2, 0.25) is 0 Å². The predicted molar refractivity (Wildman–Crippen MR) is 139 cm³/mol. The number of benzene rings is 3. The maximum atomic E-state index is 13.2. The summed E-state index contributed by atoms with van der Waals surface area (Å²) >= 11 is 0. The topological polar surface area (TPSA) is 125 Å². The summed E-state index contributed by atoms with van der Waals surface area (Å²) in [4.78, 5) is 68.0. The van der Waals surface area contributed by atoms with Gasteiger partial charge in [0.15, 0.2) is 17.3 Å². The Morgan fingerprint density at radius 2 is 1.07 bits per heavy atom. The molecule has 0 fully saturated rings. The van der Waals surface area contributed by atoms with Gasteiger partial charge in [-0.25, -0.2) is 9.59 Å². The molecule has 0 amide bonds. The minimum absolute atomic E-state index is 0.0513. The van der Waals surface area contributed by atoms with Crippen LogP contribution < -0.4 is 9.78 Å². The molecule has 0 bridgehead atoms. The summed E-state index contributed by atoms with van der Waals surface area (Å²) in [6.07, 6.45) is 0. The fraction of sp³-hybridized carbons (Fsp3) is 0.276. The molecule has 0 saturated heterocycles. The van der Waals surface area contributed by atoms with E-state index in [-0.39, 0.29) is 22.4 Å². The number of carbonyl (C=O) groups excluding carboxylic acids is 3. The normalized spacial score (nSPS) is 11.4. The third-order valence-corrected chi connectivity index (χ3v) is 4.60. The van der Waals surface area contributed by atoms with Gasteiger partial charge in [0.2, 0.25) is 0 Å². The zero-order valence-electron chi connectivity index (χ0n) is 22.9. The number of hydrogen-bond donors (Lipinski definition) is 0. The van der Waals surface area contributed by atoms with Crippen LogP contribution >= 0.6 is 0 Å². The summed E-state index contributed by atoms with van der Waals surface area (Å²) in [5.74, 6) is -1.99. The molecular weight excluding hydrogens is 524 g/mol. The van der Waals surface area contributed by atoms with Crippen LogP contribution in [-0.2, 0) is 29.6 Å². The van der Waals surface area contributed by atoms with Crippen molar-refractivity contribution in [2.75, 3.05) is 0 Å². The predicted octanol–water partition coefficient (Wildman–Crippen LogP) is 5.93. The summed E-state index contributed by atoms with van der Waals surface area (Å²) < 4.78 is 0. The van der Waals surface area contributed by atoms with E-state index in [1.807, 2.05) is 20.8 Å². The van der Waals surface area contributed by atoms with Gasteiger partial charge in [0.05, 0.1) is 11.1 Å². The van der Waals surface area contributed by atoms with Gasteiger partial charge < -0.3 is 9.78 Å². The molecule has 0 heterocycles. The summed E-state index contributed by atoms with van der Waals surface area (Å²) in [6, 6.07) is 18.1. The van der Waals surface area contributed by atoms with E-state index in [2.05, 4.69) is 19.9 Å². The van der Waals surface area contributed by atoms with Gasteiger partial charge in [-0.2, -0.15) is 9.78 Å². The fourth-order valence-corrected chi connectivity index (χ4v) is 2.86. The fourth-order valence-electron chi connectivity index (χ4n) is 2.86. The molecule has 0 aliphatic heterocycles. The molecule has 212 valence electrons. The molecule has 0 spiro atoms. The molecule has 0 aliphatic carbocycles. The number of hydrogen-bond acceptors (Lipinski definition) is 11. The second kappa shape index (κ2) is 13.2. The van der Waals surface area contributed by atoms with Crippen LogP contribution in [0, 0.1) is 0 Å². The molecule has 0 saturated carbocycles. The van der Waals surface area contributed by atoms with Crippen molar-refractivity contribution in [1.82, 2.24) is 0 Å². The zero-order chi connectivity index (χ0) is 29.3. The number of rotatable bonds is 11. The van der Waals surface area contributed by atoms with E-state index < -0.39 is 28.9 Å². The van der Waals surface area contributed by atoms with Crippen LogP contribution in [0.3, 0.4) is 0 Å². The molecule has 40 heavy (non-hydrogen) atoms. The van der Waals surface area contributed by atoms with E-state index in [4.69, 9.17) is 19.6 Å². The first kappa shape index (κ1) is 30.3. The van der Waals surface area contributed by atoms with Gasteiger partial charge in [0, 0.05) is 21.2 Å².